The summed E-state index contributed by atoms with van der Waals surface area (Å²) >= 11 is 0. The molecule has 8 aliphatic heterocycles. The molecule has 44 heavy (non-hydrogen) atoms. The summed E-state index contributed by atoms with van der Waals surface area (Å²) in [4.78, 5) is 0. The van der Waals surface area contributed by atoms with Gasteiger partial charge in [-0.1, -0.05) is 0 Å². The van der Waals surface area contributed by atoms with Gasteiger partial charge in [-0.15, -0.1) is 0 Å². The molecule has 20 atom stereocenters. The summed E-state index contributed by atoms with van der Waals surface area (Å²) in [5.41, 5.74) is 0. The lowest BCUT2D eigenvalue weighted by Crippen LogP contribution is -2.66. The standard InChI is InChI=1S/C24H40O20/c25-1-5-19-13(31)17(35)21(39-5)37-3-7-9(27)12(30)16(34)24(42-7)44-20-6(2-26)40-22(18(36)14(20)32)38-4-8-10(28)11(29)15(33)23(41-8)43-19/h5-36H,1-4H2/t5?,6?,7-,8-,9?,10?,11?,12?,13?,14?,15-,16-,17?,18?,19-,20-,21+,22+,23?,24?/m1/s1. The quantitative estimate of drug-likeness (QED) is 0.132. The van der Waals surface area contributed by atoms with Gasteiger partial charge in [0.25, 0.3) is 0 Å². The lowest BCUT2D eigenvalue weighted by atomic mass is 9.96. The first-order chi connectivity index (χ1) is 20.9. The summed E-state index contributed by atoms with van der Waals surface area (Å²) in [5, 5.41) is 126. The van der Waals surface area contributed by atoms with Gasteiger partial charge < -0.3 is 99.2 Å². The molecule has 0 radical (unpaired) electrons. The maximum absolute atomic E-state index is 10.8. The summed E-state index contributed by atoms with van der Waals surface area (Å²) in [7, 11) is 0. The zero-order valence-corrected chi connectivity index (χ0v) is 23.0. The SMILES string of the molecule is OCC1O[C@@H]2OC[C@H]3OC(O[C@@H]4C(CO)O[C@H](OC[C@H]5OC(O[C@H]1C(O)C2O)[C@H](O)C(O)C5O)C(O)C4O)[C@H](O)C(O)C3O. The molecule has 256 valence electrons. The second-order valence-electron chi connectivity index (χ2n) is 11.3. The fourth-order valence-electron chi connectivity index (χ4n) is 5.74. The zero-order valence-electron chi connectivity index (χ0n) is 23.0. The van der Waals surface area contributed by atoms with Crippen LogP contribution in [0.2, 0.25) is 0 Å². The smallest absolute Gasteiger partial charge is 0.187 e. The van der Waals surface area contributed by atoms with Gasteiger partial charge in [-0.05, 0) is 0 Å². The van der Waals surface area contributed by atoms with E-state index in [1.165, 1.54) is 0 Å². The Bertz CT molecular complexity index is 856. The first-order valence-electron chi connectivity index (χ1n) is 14.1. The molecule has 20 nitrogen and oxygen atoms in total. The van der Waals surface area contributed by atoms with Crippen molar-refractivity contribution in [3.63, 3.8) is 0 Å². The molecule has 0 amide bonds. The van der Waals surface area contributed by atoms with Crippen LogP contribution in [0.15, 0.2) is 0 Å². The minimum atomic E-state index is -1.91. The van der Waals surface area contributed by atoms with Crippen molar-refractivity contribution in [3.05, 3.63) is 0 Å². The molecule has 0 aliphatic carbocycles. The highest BCUT2D eigenvalue weighted by atomic mass is 16.8. The van der Waals surface area contributed by atoms with E-state index in [9.17, 15) is 61.3 Å². The van der Waals surface area contributed by atoms with Gasteiger partial charge in [-0.25, -0.2) is 0 Å². The lowest BCUT2D eigenvalue weighted by Gasteiger charge is -2.48. The number of hydrogen-bond donors (Lipinski definition) is 12. The summed E-state index contributed by atoms with van der Waals surface area (Å²) in [6.45, 7) is -2.95. The van der Waals surface area contributed by atoms with Crippen molar-refractivity contribution in [1.29, 1.82) is 0 Å². The number of aliphatic hydroxyl groups is 12. The number of rotatable bonds is 2. The summed E-state index contributed by atoms with van der Waals surface area (Å²) in [5.74, 6) is 0. The third-order valence-electron chi connectivity index (χ3n) is 8.41. The second-order valence-corrected chi connectivity index (χ2v) is 11.3. The van der Waals surface area contributed by atoms with E-state index in [0.29, 0.717) is 0 Å². The number of aliphatic hydroxyl groups excluding tert-OH is 12. The molecule has 8 heterocycles. The molecule has 0 spiro atoms. The fourth-order valence-corrected chi connectivity index (χ4v) is 5.74. The van der Waals surface area contributed by atoms with Gasteiger partial charge >= 0.3 is 0 Å². The number of ether oxygens (including phenoxy) is 8. The topological polar surface area (TPSA) is 317 Å². The van der Waals surface area contributed by atoms with Crippen molar-refractivity contribution in [2.24, 2.45) is 0 Å². The van der Waals surface area contributed by atoms with E-state index in [0.717, 1.165) is 0 Å². The summed E-state index contributed by atoms with van der Waals surface area (Å²) in [6, 6.07) is 0. The Hall–Kier alpha value is -0.800. The lowest BCUT2D eigenvalue weighted by molar-refractivity contribution is -0.382. The van der Waals surface area contributed by atoms with Crippen LogP contribution in [0.25, 0.3) is 0 Å². The molecule has 8 fully saturated rings. The fraction of sp³-hybridized carbons (Fsp3) is 1.00. The van der Waals surface area contributed by atoms with Gasteiger partial charge in [0.05, 0.1) is 26.4 Å². The molecule has 12 unspecified atom stereocenters. The highest BCUT2D eigenvalue weighted by molar-refractivity contribution is 4.97. The molecular formula is C24H40O20. The summed E-state index contributed by atoms with van der Waals surface area (Å²) < 4.78 is 44.4. The first kappa shape index (κ1) is 34.5. The van der Waals surface area contributed by atoms with E-state index in [4.69, 9.17) is 37.9 Å². The molecule has 0 aromatic heterocycles. The molecule has 0 aromatic carbocycles. The third-order valence-corrected chi connectivity index (χ3v) is 8.41. The van der Waals surface area contributed by atoms with Crippen LogP contribution >= 0.6 is 0 Å². The van der Waals surface area contributed by atoms with Crippen molar-refractivity contribution < 1.29 is 99.2 Å². The number of hydrogen-bond acceptors (Lipinski definition) is 20. The van der Waals surface area contributed by atoms with Crippen LogP contribution in [-0.4, -0.2) is 211 Å². The van der Waals surface area contributed by atoms with Crippen LogP contribution in [0, 0.1) is 0 Å². The van der Waals surface area contributed by atoms with Crippen LogP contribution < -0.4 is 0 Å². The highest BCUT2D eigenvalue weighted by Gasteiger charge is 2.54. The maximum atomic E-state index is 10.8. The average molecular weight is 649 g/mol. The Morgan fingerprint density at radius 1 is 0.364 bits per heavy atom. The van der Waals surface area contributed by atoms with Crippen LogP contribution in [0.1, 0.15) is 0 Å². The monoisotopic (exact) mass is 648 g/mol. The minimum absolute atomic E-state index is 0.662. The van der Waals surface area contributed by atoms with E-state index in [-0.39, 0.29) is 0 Å². The maximum Gasteiger partial charge on any atom is 0.187 e. The molecule has 8 rings (SSSR count). The second kappa shape index (κ2) is 14.1. The molecule has 8 bridgehead atoms. The van der Waals surface area contributed by atoms with E-state index in [1.807, 2.05) is 0 Å². The van der Waals surface area contributed by atoms with Gasteiger partial charge in [0.15, 0.2) is 25.2 Å². The Labute approximate surface area is 249 Å². The summed E-state index contributed by atoms with van der Waals surface area (Å²) in [6.07, 6.45) is -34.6. The van der Waals surface area contributed by atoms with Crippen molar-refractivity contribution in [3.8, 4) is 0 Å². The van der Waals surface area contributed by atoms with E-state index in [2.05, 4.69) is 0 Å². The third kappa shape index (κ3) is 6.50. The Kier molecular flexibility index (Phi) is 11.1. The van der Waals surface area contributed by atoms with Gasteiger partial charge in [-0.2, -0.15) is 0 Å². The van der Waals surface area contributed by atoms with Crippen molar-refractivity contribution in [2.75, 3.05) is 26.4 Å². The van der Waals surface area contributed by atoms with Gasteiger partial charge in [0.2, 0.25) is 0 Å². The molecular weight excluding hydrogens is 608 g/mol. The van der Waals surface area contributed by atoms with Crippen molar-refractivity contribution in [1.82, 2.24) is 0 Å². The van der Waals surface area contributed by atoms with Crippen molar-refractivity contribution >= 4 is 0 Å². The first-order valence-corrected chi connectivity index (χ1v) is 14.1. The minimum Gasteiger partial charge on any atom is -0.394 e. The molecule has 8 aliphatic rings. The highest BCUT2D eigenvalue weighted by Crippen LogP contribution is 2.33. The predicted octanol–water partition coefficient (Wildman–Crippen LogP) is -8.70. The van der Waals surface area contributed by atoms with E-state index in [1.54, 1.807) is 0 Å². The van der Waals surface area contributed by atoms with E-state index < -0.39 is 149 Å². The Balaban J connectivity index is 1.45. The van der Waals surface area contributed by atoms with Gasteiger partial charge in [0, 0.05) is 0 Å². The molecule has 0 saturated carbocycles. The normalized spacial score (nSPS) is 55.9. The predicted molar refractivity (Wildman–Crippen MR) is 131 cm³/mol. The molecule has 8 saturated heterocycles. The van der Waals surface area contributed by atoms with Gasteiger partial charge in [0.1, 0.15) is 97.7 Å². The molecule has 20 heteroatoms. The average Bonchev–Trinajstić information content (AvgIpc) is 3.01. The molecule has 12 N–H and O–H groups in total. The zero-order chi connectivity index (χ0) is 32.0. The van der Waals surface area contributed by atoms with Crippen LogP contribution in [0.4, 0.5) is 0 Å². The van der Waals surface area contributed by atoms with Crippen molar-refractivity contribution in [2.45, 2.75) is 123 Å². The molecule has 0 aromatic rings. The Morgan fingerprint density at radius 2 is 0.705 bits per heavy atom. The van der Waals surface area contributed by atoms with Gasteiger partial charge in [-0.3, -0.25) is 0 Å². The van der Waals surface area contributed by atoms with Crippen LogP contribution in [0.5, 0.6) is 0 Å². The Morgan fingerprint density at radius 3 is 1.05 bits per heavy atom. The largest absolute Gasteiger partial charge is 0.394 e. The van der Waals surface area contributed by atoms with E-state index >= 15 is 0 Å². The van der Waals surface area contributed by atoms with Crippen LogP contribution in [0.3, 0.4) is 0 Å². The van der Waals surface area contributed by atoms with Crippen LogP contribution in [-0.2, 0) is 37.9 Å².